The Balaban J connectivity index is 1.74. The lowest BCUT2D eigenvalue weighted by Crippen LogP contribution is -2.32. The van der Waals surface area contributed by atoms with E-state index in [2.05, 4.69) is 15.3 Å². The van der Waals surface area contributed by atoms with Crippen LogP contribution in [0.25, 0.3) is 22.3 Å². The normalized spacial score (nSPS) is 15.6. The summed E-state index contributed by atoms with van der Waals surface area (Å²) in [6.07, 6.45) is 1.67. The summed E-state index contributed by atoms with van der Waals surface area (Å²) < 4.78 is 14.9. The lowest BCUT2D eigenvalue weighted by atomic mass is 9.81. The lowest BCUT2D eigenvalue weighted by molar-refractivity contribution is 0.0929. The molecule has 1 aliphatic carbocycles. The molecule has 37 heavy (non-hydrogen) atoms. The number of carbonyl (C=O) groups is 1. The van der Waals surface area contributed by atoms with E-state index in [9.17, 15) is 24.2 Å². The number of hydrogen-bond acceptors (Lipinski definition) is 6. The predicted molar refractivity (Wildman–Crippen MR) is 137 cm³/mol. The largest absolute Gasteiger partial charge is 0.391 e. The number of pyridine rings is 3. The molecule has 0 bridgehead atoms. The number of halogens is 1. The van der Waals surface area contributed by atoms with Gasteiger partial charge in [0.25, 0.3) is 11.5 Å². The minimum absolute atomic E-state index is 0.0722. The smallest absolute Gasteiger partial charge is 0.270 e. The van der Waals surface area contributed by atoms with Crippen LogP contribution in [0.15, 0.2) is 41.3 Å². The van der Waals surface area contributed by atoms with Gasteiger partial charge in [0.2, 0.25) is 0 Å². The van der Waals surface area contributed by atoms with E-state index < -0.39 is 24.3 Å². The first-order valence-corrected chi connectivity index (χ1v) is 12.1. The van der Waals surface area contributed by atoms with Crippen LogP contribution in [0.1, 0.15) is 69.4 Å². The van der Waals surface area contributed by atoms with Crippen molar-refractivity contribution in [3.05, 3.63) is 91.8 Å². The Kier molecular flexibility index (Phi) is 6.35. The molecular weight excluding hydrogens is 475 g/mol. The molecule has 4 N–H and O–H groups in total. The van der Waals surface area contributed by atoms with Gasteiger partial charge in [-0.25, -0.2) is 9.37 Å². The van der Waals surface area contributed by atoms with Gasteiger partial charge in [-0.15, -0.1) is 0 Å². The number of aryl methyl sites for hydroxylation is 1. The molecule has 0 radical (unpaired) electrons. The maximum Gasteiger partial charge on any atom is 0.270 e. The fraction of sp³-hybridized carbons (Fsp3) is 0.286. The highest BCUT2D eigenvalue weighted by atomic mass is 19.1. The van der Waals surface area contributed by atoms with Crippen LogP contribution in [0.4, 0.5) is 4.39 Å². The topological polar surface area (TPSA) is 128 Å². The van der Waals surface area contributed by atoms with Crippen LogP contribution in [0.3, 0.4) is 0 Å². The monoisotopic (exact) mass is 502 g/mol. The molecular formula is C28H27FN4O4. The number of hydrogen-bond donors (Lipinski definition) is 4. The van der Waals surface area contributed by atoms with Crippen LogP contribution in [0.2, 0.25) is 0 Å². The Labute approximate surface area is 212 Å². The molecule has 5 rings (SSSR count). The molecule has 4 aromatic rings. The summed E-state index contributed by atoms with van der Waals surface area (Å²) in [5.74, 6) is -0.698. The van der Waals surface area contributed by atoms with Crippen molar-refractivity contribution in [1.29, 1.82) is 0 Å². The van der Waals surface area contributed by atoms with Gasteiger partial charge in [-0.1, -0.05) is 6.07 Å². The maximum absolute atomic E-state index is 14.9. The third-order valence-electron chi connectivity index (χ3n) is 7.16. The lowest BCUT2D eigenvalue weighted by Gasteiger charge is -2.30. The Bertz CT molecular complexity index is 1600. The van der Waals surface area contributed by atoms with Crippen molar-refractivity contribution < 1.29 is 19.4 Å². The second kappa shape index (κ2) is 9.49. The second-order valence-corrected chi connectivity index (χ2v) is 9.41. The van der Waals surface area contributed by atoms with Gasteiger partial charge in [0, 0.05) is 23.2 Å². The number of rotatable bonds is 5. The quantitative estimate of drug-likeness (QED) is 0.329. The molecule has 0 saturated heterocycles. The minimum Gasteiger partial charge on any atom is -0.391 e. The van der Waals surface area contributed by atoms with E-state index >= 15 is 0 Å². The third-order valence-corrected chi connectivity index (χ3v) is 7.16. The summed E-state index contributed by atoms with van der Waals surface area (Å²) >= 11 is 0. The first-order chi connectivity index (χ1) is 17.7. The van der Waals surface area contributed by atoms with Crippen LogP contribution in [0.5, 0.6) is 0 Å². The van der Waals surface area contributed by atoms with Crippen molar-refractivity contribution in [3.63, 3.8) is 0 Å². The highest BCUT2D eigenvalue weighted by Crippen LogP contribution is 2.42. The van der Waals surface area contributed by atoms with Crippen LogP contribution in [-0.4, -0.2) is 31.1 Å². The average Bonchev–Trinajstić information content (AvgIpc) is 2.89. The summed E-state index contributed by atoms with van der Waals surface area (Å²) in [7, 11) is 0. The van der Waals surface area contributed by atoms with Crippen molar-refractivity contribution >= 4 is 16.8 Å². The number of aliphatic hydroxyl groups excluding tert-OH is 2. The second-order valence-electron chi connectivity index (χ2n) is 9.41. The predicted octanol–water partition coefficient (Wildman–Crippen LogP) is 3.70. The van der Waals surface area contributed by atoms with Gasteiger partial charge in [-0.05, 0) is 79.6 Å². The van der Waals surface area contributed by atoms with Gasteiger partial charge in [0.15, 0.2) is 0 Å². The van der Waals surface area contributed by atoms with E-state index in [1.807, 2.05) is 6.92 Å². The number of aromatic nitrogens is 3. The summed E-state index contributed by atoms with van der Waals surface area (Å²) in [5.41, 5.74) is 4.17. The highest BCUT2D eigenvalue weighted by Gasteiger charge is 2.30. The van der Waals surface area contributed by atoms with E-state index in [4.69, 9.17) is 4.98 Å². The Hall–Kier alpha value is -3.95. The standard InChI is InChI=1S/C28H27FN4O4/c1-13-16-7-8-20(32-28(37)21-6-4-5-9-30-21)24-14(2)26(31-22(25(16)24)11-19(13)29)23-10-17(15(3)35)18(12-34)27(36)33-23/h4-6,9-11,15,20,34-35H,7-8,12H2,1-3H3,(H,32,37)(H,33,36). The average molecular weight is 503 g/mol. The summed E-state index contributed by atoms with van der Waals surface area (Å²) in [5, 5.41) is 23.8. The van der Waals surface area contributed by atoms with Gasteiger partial charge in [-0.2, -0.15) is 0 Å². The number of benzene rings is 1. The number of H-pyrrole nitrogens is 1. The number of nitrogens with zero attached hydrogens (tertiary/aromatic N) is 2. The zero-order chi connectivity index (χ0) is 26.4. The van der Waals surface area contributed by atoms with Gasteiger partial charge in [0.1, 0.15) is 11.5 Å². The van der Waals surface area contributed by atoms with Gasteiger partial charge in [0.05, 0.1) is 35.7 Å². The van der Waals surface area contributed by atoms with Crippen molar-refractivity contribution in [1.82, 2.24) is 20.3 Å². The molecule has 1 aromatic carbocycles. The summed E-state index contributed by atoms with van der Waals surface area (Å²) in [6.45, 7) is 4.57. The van der Waals surface area contributed by atoms with Crippen LogP contribution in [-0.2, 0) is 13.0 Å². The fourth-order valence-corrected chi connectivity index (χ4v) is 5.28. The fourth-order valence-electron chi connectivity index (χ4n) is 5.28. The third kappa shape index (κ3) is 4.20. The molecule has 9 heteroatoms. The van der Waals surface area contributed by atoms with Crippen LogP contribution >= 0.6 is 0 Å². The molecule has 2 atom stereocenters. The van der Waals surface area contributed by atoms with Crippen LogP contribution in [0, 0.1) is 19.7 Å². The zero-order valence-electron chi connectivity index (χ0n) is 20.7. The minimum atomic E-state index is -1.00. The maximum atomic E-state index is 14.9. The first kappa shape index (κ1) is 24.7. The number of aliphatic hydroxyl groups is 2. The summed E-state index contributed by atoms with van der Waals surface area (Å²) in [6, 6.07) is 7.68. The number of nitrogens with one attached hydrogen (secondary N) is 2. The molecule has 2 unspecified atom stereocenters. The van der Waals surface area contributed by atoms with E-state index in [0.717, 1.165) is 22.1 Å². The Morgan fingerprint density at radius 2 is 2.05 bits per heavy atom. The molecule has 3 heterocycles. The molecule has 0 fully saturated rings. The van der Waals surface area contributed by atoms with E-state index in [1.54, 1.807) is 37.4 Å². The molecule has 0 saturated carbocycles. The SMILES string of the molecule is Cc1c(F)cc2nc(-c3cc(C(C)O)c(CO)c(=O)[nH]3)c(C)c3c2c1CCC3NC(=O)c1ccccn1. The van der Waals surface area contributed by atoms with Crippen molar-refractivity contribution in [2.24, 2.45) is 0 Å². The van der Waals surface area contributed by atoms with Crippen molar-refractivity contribution in [3.8, 4) is 11.4 Å². The molecule has 3 aromatic heterocycles. The molecule has 1 aliphatic rings. The zero-order valence-corrected chi connectivity index (χ0v) is 20.7. The van der Waals surface area contributed by atoms with Gasteiger partial charge >= 0.3 is 0 Å². The number of carbonyl (C=O) groups excluding carboxylic acids is 1. The Morgan fingerprint density at radius 3 is 2.73 bits per heavy atom. The van der Waals surface area contributed by atoms with E-state index in [1.165, 1.54) is 13.0 Å². The molecule has 8 nitrogen and oxygen atoms in total. The van der Waals surface area contributed by atoms with Crippen molar-refractivity contribution in [2.45, 2.75) is 52.4 Å². The molecule has 0 aliphatic heterocycles. The van der Waals surface area contributed by atoms with Gasteiger partial charge in [-0.3, -0.25) is 14.6 Å². The summed E-state index contributed by atoms with van der Waals surface area (Å²) in [4.78, 5) is 37.4. The molecule has 0 spiro atoms. The van der Waals surface area contributed by atoms with Crippen LogP contribution < -0.4 is 10.9 Å². The first-order valence-electron chi connectivity index (χ1n) is 12.1. The molecule has 190 valence electrons. The molecule has 1 amide bonds. The van der Waals surface area contributed by atoms with Crippen molar-refractivity contribution in [2.75, 3.05) is 0 Å². The van der Waals surface area contributed by atoms with Gasteiger partial charge < -0.3 is 20.5 Å². The number of aromatic amines is 1. The Morgan fingerprint density at radius 1 is 1.27 bits per heavy atom. The number of amides is 1. The van der Waals surface area contributed by atoms with E-state index in [0.29, 0.717) is 35.3 Å². The van der Waals surface area contributed by atoms with E-state index in [-0.39, 0.29) is 28.5 Å². The highest BCUT2D eigenvalue weighted by molar-refractivity contribution is 5.95.